The largest absolute Gasteiger partial charge is 0.497 e. The zero-order chi connectivity index (χ0) is 18.4. The number of anilines is 1. The summed E-state index contributed by atoms with van der Waals surface area (Å²) in [4.78, 5) is 12.3. The third kappa shape index (κ3) is 3.97. The van der Waals surface area contributed by atoms with Gasteiger partial charge in [-0.15, -0.1) is 0 Å². The van der Waals surface area contributed by atoms with Crippen molar-refractivity contribution < 1.29 is 18.7 Å². The fourth-order valence-corrected chi connectivity index (χ4v) is 2.53. The molecule has 0 bridgehead atoms. The van der Waals surface area contributed by atoms with Gasteiger partial charge in [-0.2, -0.15) is 5.10 Å². The van der Waals surface area contributed by atoms with Crippen LogP contribution in [0.2, 0.25) is 0 Å². The first-order valence-electron chi connectivity index (χ1n) is 8.00. The first-order valence-corrected chi connectivity index (χ1v) is 8.00. The van der Waals surface area contributed by atoms with Crippen LogP contribution in [0.4, 0.5) is 10.5 Å². The van der Waals surface area contributed by atoms with Crippen molar-refractivity contribution in [2.45, 2.75) is 6.04 Å². The van der Waals surface area contributed by atoms with Gasteiger partial charge in [-0.05, 0) is 30.3 Å². The Hall–Kier alpha value is -3.42. The molecule has 0 saturated heterocycles. The van der Waals surface area contributed by atoms with Gasteiger partial charge >= 0.3 is 6.03 Å². The van der Waals surface area contributed by atoms with Gasteiger partial charge in [0.25, 0.3) is 0 Å². The Morgan fingerprint density at radius 1 is 1.27 bits per heavy atom. The van der Waals surface area contributed by atoms with Crippen LogP contribution in [0.25, 0.3) is 0 Å². The molecule has 0 radical (unpaired) electrons. The van der Waals surface area contributed by atoms with E-state index >= 15 is 0 Å². The molecule has 136 valence electrons. The molecule has 0 aliphatic rings. The van der Waals surface area contributed by atoms with Crippen molar-refractivity contribution in [3.05, 3.63) is 60.8 Å². The summed E-state index contributed by atoms with van der Waals surface area (Å²) in [5.41, 5.74) is 0.541. The van der Waals surface area contributed by atoms with Gasteiger partial charge in [0, 0.05) is 25.0 Å². The lowest BCUT2D eigenvalue weighted by Crippen LogP contribution is -2.34. The minimum Gasteiger partial charge on any atom is -0.497 e. The first kappa shape index (κ1) is 17.4. The lowest BCUT2D eigenvalue weighted by Gasteiger charge is -2.17. The summed E-state index contributed by atoms with van der Waals surface area (Å²) in [6.07, 6.45) is 5.09. The highest BCUT2D eigenvalue weighted by Gasteiger charge is 2.18. The third-order valence-electron chi connectivity index (χ3n) is 3.83. The fourth-order valence-electron chi connectivity index (χ4n) is 2.53. The molecule has 26 heavy (non-hydrogen) atoms. The number of hydrogen-bond acceptors (Lipinski definition) is 5. The van der Waals surface area contributed by atoms with E-state index in [0.717, 1.165) is 0 Å². The fraction of sp³-hybridized carbons (Fsp3) is 0.222. The van der Waals surface area contributed by atoms with Crippen LogP contribution in [-0.2, 0) is 0 Å². The maximum Gasteiger partial charge on any atom is 0.319 e. The summed E-state index contributed by atoms with van der Waals surface area (Å²) in [6, 6.07) is 10.0. The normalized spacial score (nSPS) is 11.6. The Morgan fingerprint density at radius 2 is 2.15 bits per heavy atom. The summed E-state index contributed by atoms with van der Waals surface area (Å²) in [6.45, 7) is 0.305. The van der Waals surface area contributed by atoms with E-state index in [1.165, 1.54) is 7.11 Å². The van der Waals surface area contributed by atoms with Gasteiger partial charge < -0.3 is 24.5 Å². The number of urea groups is 1. The number of carbonyl (C=O) groups excluding carboxylic acids is 1. The quantitative estimate of drug-likeness (QED) is 0.679. The molecule has 0 saturated carbocycles. The van der Waals surface area contributed by atoms with Crippen molar-refractivity contribution >= 4 is 11.7 Å². The van der Waals surface area contributed by atoms with E-state index in [-0.39, 0.29) is 12.1 Å². The Kier molecular flexibility index (Phi) is 5.43. The molecule has 1 atom stereocenters. The maximum absolute atomic E-state index is 12.3. The highest BCUT2D eigenvalue weighted by Crippen LogP contribution is 2.29. The third-order valence-corrected chi connectivity index (χ3v) is 3.83. The maximum atomic E-state index is 12.3. The number of nitrogens with zero attached hydrogens (tertiary/aromatic N) is 2. The molecule has 2 N–H and O–H groups in total. The van der Waals surface area contributed by atoms with E-state index in [4.69, 9.17) is 13.9 Å². The van der Waals surface area contributed by atoms with Gasteiger partial charge in [0.1, 0.15) is 23.3 Å². The monoisotopic (exact) mass is 356 g/mol. The summed E-state index contributed by atoms with van der Waals surface area (Å²) in [5.74, 6) is 1.86. The van der Waals surface area contributed by atoms with Crippen LogP contribution >= 0.6 is 0 Å². The Labute approximate surface area is 150 Å². The topological polar surface area (TPSA) is 90.6 Å². The van der Waals surface area contributed by atoms with Crippen LogP contribution in [0.15, 0.2) is 59.5 Å². The molecule has 0 spiro atoms. The van der Waals surface area contributed by atoms with Crippen molar-refractivity contribution in [1.29, 1.82) is 0 Å². The molecule has 3 rings (SSSR count). The SMILES string of the molecule is COc1ccc(NC(=O)NCC(c2ccco2)n2cccn2)c(OC)c1. The predicted octanol–water partition coefficient (Wildman–Crippen LogP) is 2.90. The molecule has 2 amide bonds. The van der Waals surface area contributed by atoms with Crippen molar-refractivity contribution in [3.8, 4) is 11.5 Å². The molecule has 0 aliphatic heterocycles. The molecule has 3 aromatic rings. The van der Waals surface area contributed by atoms with E-state index in [1.807, 2.05) is 18.3 Å². The number of benzene rings is 1. The van der Waals surface area contributed by atoms with Crippen LogP contribution < -0.4 is 20.1 Å². The van der Waals surface area contributed by atoms with Crippen LogP contribution in [0.5, 0.6) is 11.5 Å². The summed E-state index contributed by atoms with van der Waals surface area (Å²) in [5, 5.41) is 9.83. The van der Waals surface area contributed by atoms with Gasteiger partial charge in [0.05, 0.1) is 26.2 Å². The highest BCUT2D eigenvalue weighted by molar-refractivity contribution is 5.91. The van der Waals surface area contributed by atoms with Gasteiger partial charge in [-0.1, -0.05) is 0 Å². The number of methoxy groups -OCH3 is 2. The number of furan rings is 1. The van der Waals surface area contributed by atoms with Crippen molar-refractivity contribution in [2.75, 3.05) is 26.1 Å². The number of hydrogen-bond donors (Lipinski definition) is 2. The second-order valence-electron chi connectivity index (χ2n) is 5.42. The van der Waals surface area contributed by atoms with Crippen molar-refractivity contribution in [2.24, 2.45) is 0 Å². The summed E-state index contributed by atoms with van der Waals surface area (Å²) >= 11 is 0. The molecule has 0 fully saturated rings. The number of ether oxygens (including phenoxy) is 2. The zero-order valence-electron chi connectivity index (χ0n) is 14.5. The van der Waals surface area contributed by atoms with Crippen molar-refractivity contribution in [3.63, 3.8) is 0 Å². The number of nitrogens with one attached hydrogen (secondary N) is 2. The molecule has 2 heterocycles. The predicted molar refractivity (Wildman–Crippen MR) is 95.6 cm³/mol. The highest BCUT2D eigenvalue weighted by atomic mass is 16.5. The number of amides is 2. The molecule has 1 unspecified atom stereocenters. The number of aromatic nitrogens is 2. The Balaban J connectivity index is 1.66. The van der Waals surface area contributed by atoms with E-state index in [1.54, 1.807) is 48.5 Å². The van der Waals surface area contributed by atoms with E-state index in [9.17, 15) is 4.79 Å². The molecular formula is C18H20N4O4. The molecular weight excluding hydrogens is 336 g/mol. The number of rotatable bonds is 7. The second kappa shape index (κ2) is 8.11. The average Bonchev–Trinajstić information content (AvgIpc) is 3.37. The minimum atomic E-state index is -0.364. The van der Waals surface area contributed by atoms with Gasteiger partial charge in [0.15, 0.2) is 0 Å². The van der Waals surface area contributed by atoms with Crippen LogP contribution in [0.3, 0.4) is 0 Å². The van der Waals surface area contributed by atoms with Gasteiger partial charge in [-0.3, -0.25) is 4.68 Å². The second-order valence-corrected chi connectivity index (χ2v) is 5.42. The molecule has 1 aromatic carbocycles. The molecule has 0 aliphatic carbocycles. The molecule has 8 nitrogen and oxygen atoms in total. The lowest BCUT2D eigenvalue weighted by molar-refractivity contribution is 0.249. The van der Waals surface area contributed by atoms with E-state index in [0.29, 0.717) is 29.5 Å². The smallest absolute Gasteiger partial charge is 0.319 e. The van der Waals surface area contributed by atoms with Crippen LogP contribution in [0.1, 0.15) is 11.8 Å². The van der Waals surface area contributed by atoms with Gasteiger partial charge in [0.2, 0.25) is 0 Å². The lowest BCUT2D eigenvalue weighted by atomic mass is 10.2. The van der Waals surface area contributed by atoms with Crippen LogP contribution in [-0.4, -0.2) is 36.6 Å². The Bertz CT molecular complexity index is 797. The molecule has 2 aromatic heterocycles. The Morgan fingerprint density at radius 3 is 2.81 bits per heavy atom. The summed E-state index contributed by atoms with van der Waals surface area (Å²) < 4.78 is 17.6. The van der Waals surface area contributed by atoms with Crippen molar-refractivity contribution in [1.82, 2.24) is 15.1 Å². The van der Waals surface area contributed by atoms with Gasteiger partial charge in [-0.25, -0.2) is 4.79 Å². The van der Waals surface area contributed by atoms with Crippen LogP contribution in [0, 0.1) is 0 Å². The number of carbonyl (C=O) groups is 1. The zero-order valence-corrected chi connectivity index (χ0v) is 14.5. The average molecular weight is 356 g/mol. The van der Waals surface area contributed by atoms with E-state index < -0.39 is 0 Å². The first-order chi connectivity index (χ1) is 12.7. The molecule has 8 heteroatoms. The standard InChI is InChI=1S/C18H20N4O4/c1-24-13-6-7-14(17(11-13)25-2)21-18(23)19-12-15(16-5-3-10-26-16)22-9-4-8-20-22/h3-11,15H,12H2,1-2H3,(H2,19,21,23). The summed E-state index contributed by atoms with van der Waals surface area (Å²) in [7, 11) is 3.10. The minimum absolute atomic E-state index is 0.247. The van der Waals surface area contributed by atoms with E-state index in [2.05, 4.69) is 15.7 Å².